The van der Waals surface area contributed by atoms with Gasteiger partial charge in [-0.3, -0.25) is 0 Å². The van der Waals surface area contributed by atoms with Gasteiger partial charge in [0, 0.05) is 0 Å². The summed E-state index contributed by atoms with van der Waals surface area (Å²) in [5.74, 6) is 0.779. The molecule has 0 heterocycles. The van der Waals surface area contributed by atoms with Crippen LogP contribution in [0.5, 0.6) is 0 Å². The second kappa shape index (κ2) is 3.97. The molecule has 1 nitrogen and oxygen atoms in total. The molecule has 0 rings (SSSR count). The minimum atomic E-state index is 0.489. The second-order valence-electron chi connectivity index (χ2n) is 4.00. The lowest BCUT2D eigenvalue weighted by molar-refractivity contribution is 0.228. The Morgan fingerprint density at radius 3 is 2.10 bits per heavy atom. The maximum atomic E-state index is 3.18. The Morgan fingerprint density at radius 2 is 1.80 bits per heavy atom. The SMILES string of the molecule is CNCCC(C)(C)C(C)C. The minimum absolute atomic E-state index is 0.489. The summed E-state index contributed by atoms with van der Waals surface area (Å²) in [6, 6.07) is 0. The summed E-state index contributed by atoms with van der Waals surface area (Å²) in [7, 11) is 2.01. The molecule has 0 amide bonds. The van der Waals surface area contributed by atoms with Crippen LogP contribution < -0.4 is 5.32 Å². The average molecular weight is 143 g/mol. The van der Waals surface area contributed by atoms with Crippen LogP contribution in [0.15, 0.2) is 0 Å². The lowest BCUT2D eigenvalue weighted by atomic mass is 9.78. The molecule has 0 aromatic rings. The van der Waals surface area contributed by atoms with Gasteiger partial charge in [0.1, 0.15) is 0 Å². The van der Waals surface area contributed by atoms with E-state index >= 15 is 0 Å². The van der Waals surface area contributed by atoms with Gasteiger partial charge in [0.15, 0.2) is 0 Å². The van der Waals surface area contributed by atoms with Gasteiger partial charge in [-0.15, -0.1) is 0 Å². The number of rotatable bonds is 4. The first kappa shape index (κ1) is 9.96. The van der Waals surface area contributed by atoms with Gasteiger partial charge >= 0.3 is 0 Å². The highest BCUT2D eigenvalue weighted by molar-refractivity contribution is 4.72. The highest BCUT2D eigenvalue weighted by Crippen LogP contribution is 2.29. The molecule has 0 aromatic heterocycles. The Labute approximate surface area is 65.2 Å². The maximum Gasteiger partial charge on any atom is -0.00467 e. The van der Waals surface area contributed by atoms with Crippen molar-refractivity contribution in [1.29, 1.82) is 0 Å². The Morgan fingerprint density at radius 1 is 1.30 bits per heavy atom. The first-order valence-corrected chi connectivity index (χ1v) is 4.15. The predicted octanol–water partition coefficient (Wildman–Crippen LogP) is 2.28. The van der Waals surface area contributed by atoms with E-state index in [9.17, 15) is 0 Å². The summed E-state index contributed by atoms with van der Waals surface area (Å²) in [6.45, 7) is 10.4. The van der Waals surface area contributed by atoms with Crippen molar-refractivity contribution in [2.75, 3.05) is 13.6 Å². The Balaban J connectivity index is 3.63. The van der Waals surface area contributed by atoms with Crippen LogP contribution in [0.3, 0.4) is 0 Å². The van der Waals surface area contributed by atoms with Gasteiger partial charge in [-0.25, -0.2) is 0 Å². The fraction of sp³-hybridized carbons (Fsp3) is 1.00. The molecule has 0 bridgehead atoms. The average Bonchev–Trinajstić information content (AvgIpc) is 1.84. The topological polar surface area (TPSA) is 12.0 Å². The fourth-order valence-corrected chi connectivity index (χ4v) is 0.736. The molecule has 0 saturated heterocycles. The molecule has 0 spiro atoms. The third kappa shape index (κ3) is 3.21. The first-order valence-electron chi connectivity index (χ1n) is 4.15. The van der Waals surface area contributed by atoms with E-state index in [1.54, 1.807) is 0 Å². The van der Waals surface area contributed by atoms with Gasteiger partial charge < -0.3 is 5.32 Å². The number of hydrogen-bond donors (Lipinski definition) is 1. The molecular weight excluding hydrogens is 122 g/mol. The molecule has 62 valence electrons. The van der Waals surface area contributed by atoms with Gasteiger partial charge in [-0.1, -0.05) is 27.7 Å². The van der Waals surface area contributed by atoms with Crippen molar-refractivity contribution >= 4 is 0 Å². The van der Waals surface area contributed by atoms with Crippen LogP contribution in [0.25, 0.3) is 0 Å². The fourth-order valence-electron chi connectivity index (χ4n) is 0.736. The maximum absolute atomic E-state index is 3.18. The van der Waals surface area contributed by atoms with Crippen molar-refractivity contribution in [3.05, 3.63) is 0 Å². The quantitative estimate of drug-likeness (QED) is 0.636. The van der Waals surface area contributed by atoms with Crippen LogP contribution in [0, 0.1) is 11.3 Å². The molecule has 0 unspecified atom stereocenters. The summed E-state index contributed by atoms with van der Waals surface area (Å²) >= 11 is 0. The van der Waals surface area contributed by atoms with Crippen LogP contribution in [0.2, 0.25) is 0 Å². The third-order valence-electron chi connectivity index (χ3n) is 2.58. The van der Waals surface area contributed by atoms with E-state index in [0.29, 0.717) is 5.41 Å². The largest absolute Gasteiger partial charge is 0.320 e. The monoisotopic (exact) mass is 143 g/mol. The lowest BCUT2D eigenvalue weighted by Gasteiger charge is -2.28. The van der Waals surface area contributed by atoms with Crippen molar-refractivity contribution in [2.45, 2.75) is 34.1 Å². The zero-order valence-corrected chi connectivity index (χ0v) is 7.99. The van der Waals surface area contributed by atoms with Gasteiger partial charge in [0.2, 0.25) is 0 Å². The van der Waals surface area contributed by atoms with Crippen molar-refractivity contribution in [3.63, 3.8) is 0 Å². The molecule has 0 radical (unpaired) electrons. The summed E-state index contributed by atoms with van der Waals surface area (Å²) < 4.78 is 0. The highest BCUT2D eigenvalue weighted by atomic mass is 14.8. The molecule has 0 atom stereocenters. The zero-order chi connectivity index (χ0) is 8.20. The first-order chi connectivity index (χ1) is 4.50. The van der Waals surface area contributed by atoms with Crippen molar-refractivity contribution in [2.24, 2.45) is 11.3 Å². The summed E-state index contributed by atoms with van der Waals surface area (Å²) in [5, 5.41) is 3.18. The molecule has 0 aromatic carbocycles. The summed E-state index contributed by atoms with van der Waals surface area (Å²) in [4.78, 5) is 0. The summed E-state index contributed by atoms with van der Waals surface area (Å²) in [5.41, 5.74) is 0.489. The number of nitrogens with one attached hydrogen (secondary N) is 1. The van der Waals surface area contributed by atoms with Crippen molar-refractivity contribution in [3.8, 4) is 0 Å². The van der Waals surface area contributed by atoms with Crippen LogP contribution in [-0.2, 0) is 0 Å². The van der Waals surface area contributed by atoms with Crippen LogP contribution >= 0.6 is 0 Å². The molecular formula is C9H21N. The van der Waals surface area contributed by atoms with E-state index in [0.717, 1.165) is 12.5 Å². The van der Waals surface area contributed by atoms with Crippen LogP contribution in [-0.4, -0.2) is 13.6 Å². The van der Waals surface area contributed by atoms with E-state index in [2.05, 4.69) is 33.0 Å². The van der Waals surface area contributed by atoms with E-state index in [-0.39, 0.29) is 0 Å². The summed E-state index contributed by atoms with van der Waals surface area (Å²) in [6.07, 6.45) is 1.27. The standard InChI is InChI=1S/C9H21N/c1-8(2)9(3,4)6-7-10-5/h8,10H,6-7H2,1-5H3. The lowest BCUT2D eigenvalue weighted by Crippen LogP contribution is -2.24. The zero-order valence-electron chi connectivity index (χ0n) is 7.99. The van der Waals surface area contributed by atoms with E-state index in [1.165, 1.54) is 6.42 Å². The predicted molar refractivity (Wildman–Crippen MR) is 47.2 cm³/mol. The molecule has 10 heavy (non-hydrogen) atoms. The van der Waals surface area contributed by atoms with E-state index in [1.807, 2.05) is 7.05 Å². The van der Waals surface area contributed by atoms with Gasteiger partial charge in [-0.05, 0) is 31.3 Å². The van der Waals surface area contributed by atoms with Gasteiger partial charge in [0.25, 0.3) is 0 Å². The Kier molecular flexibility index (Phi) is 3.95. The van der Waals surface area contributed by atoms with Crippen molar-refractivity contribution < 1.29 is 0 Å². The Hall–Kier alpha value is -0.0400. The molecule has 1 heteroatoms. The smallest absolute Gasteiger partial charge is 0.00467 e. The minimum Gasteiger partial charge on any atom is -0.320 e. The molecule has 0 saturated carbocycles. The normalized spacial score (nSPS) is 12.6. The van der Waals surface area contributed by atoms with E-state index in [4.69, 9.17) is 0 Å². The van der Waals surface area contributed by atoms with Gasteiger partial charge in [-0.2, -0.15) is 0 Å². The second-order valence-corrected chi connectivity index (χ2v) is 4.00. The Bertz CT molecular complexity index is 84.7. The molecule has 0 aliphatic carbocycles. The third-order valence-corrected chi connectivity index (χ3v) is 2.58. The van der Waals surface area contributed by atoms with Crippen LogP contribution in [0.1, 0.15) is 34.1 Å². The van der Waals surface area contributed by atoms with Gasteiger partial charge in [0.05, 0.1) is 0 Å². The molecule has 0 aliphatic heterocycles. The van der Waals surface area contributed by atoms with Crippen LogP contribution in [0.4, 0.5) is 0 Å². The van der Waals surface area contributed by atoms with E-state index < -0.39 is 0 Å². The molecule has 1 N–H and O–H groups in total. The highest BCUT2D eigenvalue weighted by Gasteiger charge is 2.20. The van der Waals surface area contributed by atoms with Crippen molar-refractivity contribution in [1.82, 2.24) is 5.32 Å². The number of hydrogen-bond acceptors (Lipinski definition) is 1. The molecule has 0 aliphatic rings. The molecule has 0 fully saturated rings.